The number of aryl methyl sites for hydroxylation is 2. The summed E-state index contributed by atoms with van der Waals surface area (Å²) < 4.78 is 0. The molecule has 0 saturated heterocycles. The second-order valence-corrected chi connectivity index (χ2v) is 9.70. The summed E-state index contributed by atoms with van der Waals surface area (Å²) >= 11 is 7.21. The monoisotopic (exact) mass is 440 g/mol. The fraction of sp³-hybridized carbons (Fsp3) is 0.250. The van der Waals surface area contributed by atoms with Crippen molar-refractivity contribution in [3.8, 4) is 0 Å². The normalized spacial score (nSPS) is 10.2. The summed E-state index contributed by atoms with van der Waals surface area (Å²) in [4.78, 5) is 45.3. The molecule has 6 N–H and O–H groups in total. The van der Waals surface area contributed by atoms with E-state index in [4.69, 9.17) is 29.4 Å². The van der Waals surface area contributed by atoms with E-state index in [1.54, 1.807) is 0 Å². The highest BCUT2D eigenvalue weighted by Crippen LogP contribution is 2.26. The van der Waals surface area contributed by atoms with Gasteiger partial charge in [-0.15, -0.1) is 0 Å². The van der Waals surface area contributed by atoms with Gasteiger partial charge in [0.05, 0.1) is 0 Å². The van der Waals surface area contributed by atoms with Gasteiger partial charge in [-0.05, 0) is 47.6 Å². The third-order valence-electron chi connectivity index (χ3n) is 2.50. The van der Waals surface area contributed by atoms with Gasteiger partial charge in [-0.2, -0.15) is 0 Å². The van der Waals surface area contributed by atoms with Crippen LogP contribution in [0.3, 0.4) is 0 Å². The zero-order valence-corrected chi connectivity index (χ0v) is 18.0. The van der Waals surface area contributed by atoms with Crippen LogP contribution in [0, 0.1) is 0 Å². The molecule has 0 radical (unpaired) electrons. The van der Waals surface area contributed by atoms with Crippen LogP contribution in [0.5, 0.6) is 0 Å². The molecule has 2 rings (SSSR count). The van der Waals surface area contributed by atoms with Gasteiger partial charge in [0, 0.05) is 0 Å². The van der Waals surface area contributed by atoms with E-state index in [2.05, 4.69) is 86.0 Å². The first kappa shape index (κ1) is 27.7. The Balaban J connectivity index is 0. The molecule has 6 nitrogen and oxygen atoms in total. The lowest BCUT2D eigenvalue weighted by molar-refractivity contribution is 0.361. The fourth-order valence-corrected chi connectivity index (χ4v) is 1.43. The third kappa shape index (κ3) is 31.3. The van der Waals surface area contributed by atoms with Crippen molar-refractivity contribution in [3.63, 3.8) is 0 Å². The van der Waals surface area contributed by atoms with Gasteiger partial charge in [0.15, 0.2) is 0 Å². The van der Waals surface area contributed by atoms with Crippen LogP contribution < -0.4 is 0 Å². The SMILES string of the molecule is CCc1ccccc1.CCc1ccccc1.OP(O)(O)=S.OP(O)(O)=S. The molecule has 0 spiro atoms. The molecule has 0 heterocycles. The Kier molecular flexibility index (Phi) is 16.6. The zero-order chi connectivity index (χ0) is 20.6. The number of hydrogen-bond acceptors (Lipinski definition) is 2. The van der Waals surface area contributed by atoms with Crippen LogP contribution in [0.4, 0.5) is 0 Å². The first-order valence-electron chi connectivity index (χ1n) is 7.51. The maximum atomic E-state index is 7.56. The molecule has 26 heavy (non-hydrogen) atoms. The molecule has 0 saturated carbocycles. The van der Waals surface area contributed by atoms with Gasteiger partial charge in [-0.1, -0.05) is 74.5 Å². The summed E-state index contributed by atoms with van der Waals surface area (Å²) in [6.07, 6.45) is 2.28. The number of benzene rings is 2. The highest BCUT2D eigenvalue weighted by Gasteiger charge is 1.92. The largest absolute Gasteiger partial charge is 0.325 e. The lowest BCUT2D eigenvalue weighted by Gasteiger charge is -1.89. The minimum atomic E-state index is -3.81. The molecule has 0 aliphatic rings. The Bertz CT molecular complexity index is 583. The molecule has 0 atom stereocenters. The highest BCUT2D eigenvalue weighted by atomic mass is 32.5. The van der Waals surface area contributed by atoms with Crippen molar-refractivity contribution >= 4 is 37.1 Å². The molecule has 2 aromatic carbocycles. The summed E-state index contributed by atoms with van der Waals surface area (Å²) in [5.41, 5.74) is 2.82. The van der Waals surface area contributed by atoms with Crippen molar-refractivity contribution in [2.75, 3.05) is 0 Å². The van der Waals surface area contributed by atoms with Gasteiger partial charge < -0.3 is 29.4 Å². The minimum Gasteiger partial charge on any atom is -0.325 e. The van der Waals surface area contributed by atoms with Gasteiger partial charge in [-0.3, -0.25) is 0 Å². The van der Waals surface area contributed by atoms with Crippen LogP contribution >= 0.6 is 13.4 Å². The van der Waals surface area contributed by atoms with Gasteiger partial charge in [0.25, 0.3) is 0 Å². The van der Waals surface area contributed by atoms with Crippen molar-refractivity contribution in [3.05, 3.63) is 71.8 Å². The van der Waals surface area contributed by atoms with Crippen molar-refractivity contribution in [1.29, 1.82) is 0 Å². The Morgan fingerprint density at radius 3 is 0.885 bits per heavy atom. The van der Waals surface area contributed by atoms with Gasteiger partial charge in [0.2, 0.25) is 0 Å². The first-order valence-corrected chi connectivity index (χ1v) is 12.8. The lowest BCUT2D eigenvalue weighted by Crippen LogP contribution is -1.73. The van der Waals surface area contributed by atoms with Gasteiger partial charge >= 0.3 is 13.4 Å². The summed E-state index contributed by atoms with van der Waals surface area (Å²) in [5, 5.41) is 0. The van der Waals surface area contributed by atoms with E-state index in [1.165, 1.54) is 11.1 Å². The van der Waals surface area contributed by atoms with Crippen molar-refractivity contribution < 1.29 is 29.4 Å². The van der Waals surface area contributed by atoms with Crippen molar-refractivity contribution in [2.24, 2.45) is 0 Å². The topological polar surface area (TPSA) is 121 Å². The quantitative estimate of drug-likeness (QED) is 0.395. The number of hydrogen-bond donors (Lipinski definition) is 6. The fourth-order valence-electron chi connectivity index (χ4n) is 1.43. The molecular weight excluding hydrogens is 414 g/mol. The minimum absolute atomic E-state index is 1.14. The van der Waals surface area contributed by atoms with Gasteiger partial charge in [0.1, 0.15) is 0 Å². The molecule has 0 bridgehead atoms. The van der Waals surface area contributed by atoms with Crippen LogP contribution in [0.1, 0.15) is 25.0 Å². The Morgan fingerprint density at radius 2 is 0.769 bits per heavy atom. The van der Waals surface area contributed by atoms with Crippen LogP contribution in [-0.2, 0) is 36.5 Å². The molecule has 0 aromatic heterocycles. The van der Waals surface area contributed by atoms with E-state index in [0.29, 0.717) is 0 Å². The Morgan fingerprint density at radius 1 is 0.577 bits per heavy atom. The van der Waals surface area contributed by atoms with Crippen LogP contribution in [0.2, 0.25) is 0 Å². The van der Waals surface area contributed by atoms with E-state index in [0.717, 1.165) is 12.8 Å². The summed E-state index contributed by atoms with van der Waals surface area (Å²) in [7, 11) is 0. The van der Waals surface area contributed by atoms with E-state index >= 15 is 0 Å². The molecule has 10 heteroatoms. The maximum absolute atomic E-state index is 7.56. The predicted molar refractivity (Wildman–Crippen MR) is 114 cm³/mol. The number of rotatable bonds is 2. The van der Waals surface area contributed by atoms with Crippen molar-refractivity contribution in [1.82, 2.24) is 0 Å². The summed E-state index contributed by atoms with van der Waals surface area (Å²) in [6.45, 7) is -3.29. The van der Waals surface area contributed by atoms with Crippen LogP contribution in [-0.4, -0.2) is 29.4 Å². The van der Waals surface area contributed by atoms with E-state index in [1.807, 2.05) is 12.1 Å². The molecule has 0 amide bonds. The summed E-state index contributed by atoms with van der Waals surface area (Å²) in [5.74, 6) is 0. The smallest absolute Gasteiger partial charge is 0.319 e. The lowest BCUT2D eigenvalue weighted by atomic mass is 10.2. The molecule has 148 valence electrons. The molecule has 0 fully saturated rings. The van der Waals surface area contributed by atoms with Crippen molar-refractivity contribution in [2.45, 2.75) is 26.7 Å². The Hall–Kier alpha value is -0.500. The molecule has 0 aliphatic carbocycles. The average molecular weight is 440 g/mol. The molecular formula is C16H26O6P2S2. The van der Waals surface area contributed by atoms with Crippen LogP contribution in [0.15, 0.2) is 60.7 Å². The maximum Gasteiger partial charge on any atom is 0.319 e. The second kappa shape index (κ2) is 15.5. The molecule has 2 aromatic rings. The molecule has 0 aliphatic heterocycles. The summed E-state index contributed by atoms with van der Waals surface area (Å²) in [6, 6.07) is 20.9. The third-order valence-corrected chi connectivity index (χ3v) is 2.50. The highest BCUT2D eigenvalue weighted by molar-refractivity contribution is 8.06. The predicted octanol–water partition coefficient (Wildman–Crippen LogP) is 2.87. The van der Waals surface area contributed by atoms with Gasteiger partial charge in [-0.25, -0.2) is 0 Å². The second-order valence-electron chi connectivity index (χ2n) is 4.70. The Labute approximate surface area is 164 Å². The van der Waals surface area contributed by atoms with E-state index in [9.17, 15) is 0 Å². The average Bonchev–Trinajstić information content (AvgIpc) is 2.54. The standard InChI is InChI=1S/2C8H10.2H3O3PS/c2*1-2-8-6-4-3-5-7-8;2*1-4(2,3)5/h2*3-7H,2H2,1H3;2*(H3,1,2,3,5). The van der Waals surface area contributed by atoms with E-state index < -0.39 is 13.4 Å². The first-order chi connectivity index (χ1) is 11.9. The van der Waals surface area contributed by atoms with Crippen LogP contribution in [0.25, 0.3) is 0 Å². The zero-order valence-electron chi connectivity index (χ0n) is 14.6. The molecule has 0 unspecified atom stereocenters. The van der Waals surface area contributed by atoms with E-state index in [-0.39, 0.29) is 0 Å².